The Kier molecular flexibility index (Phi) is 2.96. The Balaban J connectivity index is 2.08. The van der Waals surface area contributed by atoms with Gasteiger partial charge in [0.1, 0.15) is 5.82 Å². The second kappa shape index (κ2) is 4.40. The largest absolute Gasteiger partial charge is 0.396 e. The maximum Gasteiger partial charge on any atom is 0.149 e. The standard InChI is InChI=1S/C10H12ClN5/c1-16-8(2-3-15-16)6-14-10-9(12)4-7(11)5-13-10/h2-5H,6,12H2,1H3,(H,13,14). The minimum absolute atomic E-state index is 0.531. The summed E-state index contributed by atoms with van der Waals surface area (Å²) in [6.45, 7) is 0.620. The number of hydrogen-bond donors (Lipinski definition) is 2. The van der Waals surface area contributed by atoms with E-state index in [-0.39, 0.29) is 0 Å². The van der Waals surface area contributed by atoms with Crippen molar-refractivity contribution in [3.05, 3.63) is 35.2 Å². The number of hydrogen-bond acceptors (Lipinski definition) is 4. The monoisotopic (exact) mass is 237 g/mol. The van der Waals surface area contributed by atoms with Crippen LogP contribution in [0.2, 0.25) is 5.02 Å². The summed E-state index contributed by atoms with van der Waals surface area (Å²) in [5.74, 6) is 0.630. The van der Waals surface area contributed by atoms with Gasteiger partial charge < -0.3 is 11.1 Å². The van der Waals surface area contributed by atoms with E-state index in [9.17, 15) is 0 Å². The van der Waals surface area contributed by atoms with Gasteiger partial charge in [-0.25, -0.2) is 4.98 Å². The minimum Gasteiger partial charge on any atom is -0.396 e. The van der Waals surface area contributed by atoms with E-state index in [2.05, 4.69) is 15.4 Å². The average molecular weight is 238 g/mol. The summed E-state index contributed by atoms with van der Waals surface area (Å²) < 4.78 is 1.79. The second-order valence-electron chi connectivity index (χ2n) is 3.39. The zero-order chi connectivity index (χ0) is 11.5. The molecule has 0 aliphatic carbocycles. The van der Waals surface area contributed by atoms with Crippen LogP contribution in [0.1, 0.15) is 5.69 Å². The Labute approximate surface area is 98.2 Å². The van der Waals surface area contributed by atoms with Crippen molar-refractivity contribution >= 4 is 23.1 Å². The summed E-state index contributed by atoms with van der Waals surface area (Å²) >= 11 is 5.76. The van der Waals surface area contributed by atoms with E-state index >= 15 is 0 Å². The zero-order valence-corrected chi connectivity index (χ0v) is 9.57. The lowest BCUT2D eigenvalue weighted by Crippen LogP contribution is -2.08. The highest BCUT2D eigenvalue weighted by Crippen LogP contribution is 2.19. The quantitative estimate of drug-likeness (QED) is 0.852. The molecule has 84 valence electrons. The molecule has 0 amide bonds. The van der Waals surface area contributed by atoms with Crippen LogP contribution >= 0.6 is 11.6 Å². The molecule has 0 bridgehead atoms. The number of aryl methyl sites for hydroxylation is 1. The normalized spacial score (nSPS) is 10.4. The van der Waals surface area contributed by atoms with Crippen molar-refractivity contribution in [1.82, 2.24) is 14.8 Å². The first-order chi connectivity index (χ1) is 7.66. The third kappa shape index (κ3) is 2.25. The van der Waals surface area contributed by atoms with Crippen LogP contribution in [0.25, 0.3) is 0 Å². The highest BCUT2D eigenvalue weighted by atomic mass is 35.5. The molecule has 0 spiro atoms. The summed E-state index contributed by atoms with van der Waals surface area (Å²) in [5, 5.41) is 7.73. The molecule has 0 aromatic carbocycles. The van der Waals surface area contributed by atoms with Crippen LogP contribution in [0.3, 0.4) is 0 Å². The first-order valence-electron chi connectivity index (χ1n) is 4.78. The Morgan fingerprint density at radius 1 is 1.56 bits per heavy atom. The highest BCUT2D eigenvalue weighted by Gasteiger charge is 2.03. The molecule has 0 fully saturated rings. The minimum atomic E-state index is 0.531. The number of aromatic nitrogens is 3. The molecule has 0 aliphatic heterocycles. The van der Waals surface area contributed by atoms with Gasteiger partial charge in [-0.05, 0) is 12.1 Å². The van der Waals surface area contributed by atoms with Crippen molar-refractivity contribution in [3.63, 3.8) is 0 Å². The summed E-state index contributed by atoms with van der Waals surface area (Å²) in [7, 11) is 1.88. The molecule has 16 heavy (non-hydrogen) atoms. The molecule has 0 saturated carbocycles. The van der Waals surface area contributed by atoms with Crippen LogP contribution < -0.4 is 11.1 Å². The fourth-order valence-electron chi connectivity index (χ4n) is 1.35. The molecular formula is C10H12ClN5. The third-order valence-electron chi connectivity index (χ3n) is 2.24. The van der Waals surface area contributed by atoms with Gasteiger partial charge in [-0.1, -0.05) is 11.6 Å². The first-order valence-corrected chi connectivity index (χ1v) is 5.16. The number of nitrogen functional groups attached to an aromatic ring is 1. The fourth-order valence-corrected chi connectivity index (χ4v) is 1.52. The molecule has 0 aliphatic rings. The SMILES string of the molecule is Cn1nccc1CNc1ncc(Cl)cc1N. The highest BCUT2D eigenvalue weighted by molar-refractivity contribution is 6.30. The molecule has 0 atom stereocenters. The second-order valence-corrected chi connectivity index (χ2v) is 3.83. The van der Waals surface area contributed by atoms with Crippen molar-refractivity contribution in [1.29, 1.82) is 0 Å². The Morgan fingerprint density at radius 2 is 2.38 bits per heavy atom. The van der Waals surface area contributed by atoms with Crippen LogP contribution in [0.5, 0.6) is 0 Å². The topological polar surface area (TPSA) is 68.8 Å². The molecule has 3 N–H and O–H groups in total. The maximum absolute atomic E-state index is 5.77. The van der Waals surface area contributed by atoms with Crippen molar-refractivity contribution in [3.8, 4) is 0 Å². The number of anilines is 2. The zero-order valence-electron chi connectivity index (χ0n) is 8.81. The smallest absolute Gasteiger partial charge is 0.149 e. The molecular weight excluding hydrogens is 226 g/mol. The number of halogens is 1. The van der Waals surface area contributed by atoms with Gasteiger partial charge in [0.2, 0.25) is 0 Å². The van der Waals surface area contributed by atoms with E-state index in [1.54, 1.807) is 23.1 Å². The molecule has 0 unspecified atom stereocenters. The molecule has 2 aromatic heterocycles. The number of pyridine rings is 1. The van der Waals surface area contributed by atoms with Gasteiger partial charge in [-0.3, -0.25) is 4.68 Å². The number of nitrogens with one attached hydrogen (secondary N) is 1. The van der Waals surface area contributed by atoms with Crippen LogP contribution in [0.15, 0.2) is 24.5 Å². The molecule has 6 heteroatoms. The van der Waals surface area contributed by atoms with Gasteiger partial charge in [-0.2, -0.15) is 5.10 Å². The van der Waals surface area contributed by atoms with Crippen molar-refractivity contribution in [2.45, 2.75) is 6.54 Å². The van der Waals surface area contributed by atoms with Crippen molar-refractivity contribution < 1.29 is 0 Å². The summed E-state index contributed by atoms with van der Waals surface area (Å²) in [4.78, 5) is 4.11. The molecule has 2 rings (SSSR count). The van der Waals surface area contributed by atoms with Crippen molar-refractivity contribution in [2.75, 3.05) is 11.1 Å². The lowest BCUT2D eigenvalue weighted by Gasteiger charge is -2.08. The summed E-state index contributed by atoms with van der Waals surface area (Å²) in [6, 6.07) is 3.60. The fraction of sp³-hybridized carbons (Fsp3) is 0.200. The van der Waals surface area contributed by atoms with Gasteiger partial charge in [0.15, 0.2) is 0 Å². The molecule has 2 heterocycles. The van der Waals surface area contributed by atoms with Crippen LogP contribution in [-0.2, 0) is 13.6 Å². The van der Waals surface area contributed by atoms with E-state index in [0.717, 1.165) is 5.69 Å². The predicted molar refractivity (Wildman–Crippen MR) is 64.2 cm³/mol. The Morgan fingerprint density at radius 3 is 3.00 bits per heavy atom. The molecule has 0 saturated heterocycles. The van der Waals surface area contributed by atoms with Crippen LogP contribution in [0, 0.1) is 0 Å². The van der Waals surface area contributed by atoms with Gasteiger partial charge in [0.05, 0.1) is 22.9 Å². The number of nitrogens with two attached hydrogens (primary N) is 1. The van der Waals surface area contributed by atoms with Crippen LogP contribution in [0.4, 0.5) is 11.5 Å². The molecule has 0 radical (unpaired) electrons. The summed E-state index contributed by atoms with van der Waals surface area (Å²) in [5.41, 5.74) is 7.36. The van der Waals surface area contributed by atoms with E-state index in [0.29, 0.717) is 23.1 Å². The van der Waals surface area contributed by atoms with Gasteiger partial charge in [0.25, 0.3) is 0 Å². The Hall–Kier alpha value is -1.75. The lowest BCUT2D eigenvalue weighted by molar-refractivity contribution is 0.720. The predicted octanol–water partition coefficient (Wildman–Crippen LogP) is 1.66. The van der Waals surface area contributed by atoms with E-state index in [1.165, 1.54) is 0 Å². The van der Waals surface area contributed by atoms with E-state index < -0.39 is 0 Å². The summed E-state index contributed by atoms with van der Waals surface area (Å²) in [6.07, 6.45) is 3.30. The number of nitrogens with zero attached hydrogens (tertiary/aromatic N) is 3. The number of rotatable bonds is 3. The lowest BCUT2D eigenvalue weighted by atomic mass is 10.3. The van der Waals surface area contributed by atoms with E-state index in [1.807, 2.05) is 13.1 Å². The van der Waals surface area contributed by atoms with Gasteiger partial charge >= 0.3 is 0 Å². The van der Waals surface area contributed by atoms with E-state index in [4.69, 9.17) is 17.3 Å². The van der Waals surface area contributed by atoms with Gasteiger partial charge in [0, 0.05) is 19.4 Å². The maximum atomic E-state index is 5.77. The first kappa shape index (κ1) is 10.8. The average Bonchev–Trinajstić information content (AvgIpc) is 2.63. The van der Waals surface area contributed by atoms with Crippen LogP contribution in [-0.4, -0.2) is 14.8 Å². The molecule has 5 nitrogen and oxygen atoms in total. The van der Waals surface area contributed by atoms with Gasteiger partial charge in [-0.15, -0.1) is 0 Å². The van der Waals surface area contributed by atoms with Crippen molar-refractivity contribution in [2.24, 2.45) is 7.05 Å². The Bertz CT molecular complexity index is 494. The third-order valence-corrected chi connectivity index (χ3v) is 2.45. The molecule has 2 aromatic rings.